The number of carbonyl (C=O) groups is 2. The number of likely N-dealkylation sites (tertiary alicyclic amines) is 1. The lowest BCUT2D eigenvalue weighted by Gasteiger charge is -2.46. The van der Waals surface area contributed by atoms with Crippen LogP contribution in [0, 0.1) is 17.5 Å². The third-order valence-corrected chi connectivity index (χ3v) is 8.84. The van der Waals surface area contributed by atoms with Crippen molar-refractivity contribution in [3.05, 3.63) is 99.8 Å². The van der Waals surface area contributed by atoms with E-state index in [4.69, 9.17) is 22.1 Å². The van der Waals surface area contributed by atoms with Crippen molar-refractivity contribution in [1.29, 1.82) is 0 Å². The van der Waals surface area contributed by atoms with E-state index in [0.29, 0.717) is 48.7 Å². The van der Waals surface area contributed by atoms with E-state index >= 15 is 4.39 Å². The Labute approximate surface area is 259 Å². The summed E-state index contributed by atoms with van der Waals surface area (Å²) in [6.45, 7) is 4.13. The summed E-state index contributed by atoms with van der Waals surface area (Å²) in [6.07, 6.45) is 2.04. The number of benzene rings is 3. The summed E-state index contributed by atoms with van der Waals surface area (Å²) >= 11 is 6.05. The van der Waals surface area contributed by atoms with Crippen LogP contribution in [0.4, 0.5) is 18.9 Å². The average Bonchev–Trinajstić information content (AvgIpc) is 2.98. The van der Waals surface area contributed by atoms with E-state index in [1.807, 2.05) is 4.90 Å². The van der Waals surface area contributed by atoms with Crippen molar-refractivity contribution in [3.63, 3.8) is 0 Å². The molecule has 2 aliphatic rings. The van der Waals surface area contributed by atoms with Gasteiger partial charge in [0.2, 0.25) is 11.8 Å². The molecule has 0 aliphatic carbocycles. The number of amides is 2. The topological polar surface area (TPSA) is 96.7 Å². The number of hydrogen-bond donors (Lipinski definition) is 3. The molecule has 0 saturated carbocycles. The molecule has 0 radical (unpaired) electrons. The van der Waals surface area contributed by atoms with Gasteiger partial charge in [0.25, 0.3) is 0 Å². The van der Waals surface area contributed by atoms with Crippen LogP contribution in [0.15, 0.2) is 60.7 Å². The highest BCUT2D eigenvalue weighted by Crippen LogP contribution is 2.33. The number of ether oxygens (including phenoxy) is 1. The van der Waals surface area contributed by atoms with Crippen LogP contribution in [0.1, 0.15) is 48.8 Å². The smallest absolute Gasteiger partial charge is 0.242 e. The first kappa shape index (κ1) is 32.0. The third kappa shape index (κ3) is 7.43. The van der Waals surface area contributed by atoms with Crippen LogP contribution in [0.2, 0.25) is 5.02 Å². The molecule has 3 aromatic carbocycles. The van der Waals surface area contributed by atoms with Crippen LogP contribution in [0.3, 0.4) is 0 Å². The second-order valence-electron chi connectivity index (χ2n) is 11.6. The number of hydrogen-bond acceptors (Lipinski definition) is 5. The van der Waals surface area contributed by atoms with E-state index in [9.17, 15) is 18.4 Å². The summed E-state index contributed by atoms with van der Waals surface area (Å²) < 4.78 is 50.1. The van der Waals surface area contributed by atoms with Crippen molar-refractivity contribution in [2.24, 2.45) is 5.73 Å². The Balaban J connectivity index is 1.31. The summed E-state index contributed by atoms with van der Waals surface area (Å²) in [5.41, 5.74) is 7.37. The van der Waals surface area contributed by atoms with Gasteiger partial charge in [-0.25, -0.2) is 13.2 Å². The Hall–Kier alpha value is -3.44. The molecule has 1 spiro atoms. The van der Waals surface area contributed by atoms with Crippen LogP contribution >= 0.6 is 11.6 Å². The van der Waals surface area contributed by atoms with E-state index in [1.54, 1.807) is 37.3 Å². The maximum Gasteiger partial charge on any atom is 0.242 e. The second-order valence-corrected chi connectivity index (χ2v) is 12.0. The number of nitrogens with two attached hydrogens (primary N) is 1. The Morgan fingerprint density at radius 3 is 2.41 bits per heavy atom. The summed E-state index contributed by atoms with van der Waals surface area (Å²) in [5, 5.41) is 6.65. The van der Waals surface area contributed by atoms with Crippen LogP contribution in [-0.4, -0.2) is 60.6 Å². The summed E-state index contributed by atoms with van der Waals surface area (Å²) in [7, 11) is 0. The molecule has 2 unspecified atom stereocenters. The van der Waals surface area contributed by atoms with E-state index < -0.39 is 35.3 Å². The van der Waals surface area contributed by atoms with E-state index in [0.717, 1.165) is 31.0 Å². The first-order valence-electron chi connectivity index (χ1n) is 14.7. The molecular formula is C33H36ClF3N4O3. The quantitative estimate of drug-likeness (QED) is 0.320. The number of morpholine rings is 1. The minimum atomic E-state index is -1.28. The standard InChI is InChI=1S/C33H36ClF3N4O3/c1-20(42)41-13-11-33(12-14-41)19-39-18-26(44-33)9-10-27-28(37)3-2-4-29(27)40-32(43)31(38)30(21-5-7-23(34)8-6-21)22-15-24(35)17-25(36)16-22/h2-8,15-17,26,30-31,39H,9-14,18-19,38H2,1H3,(H,40,43)/t26-,30?,31?/m1/s1. The van der Waals surface area contributed by atoms with Gasteiger partial charge in [-0.2, -0.15) is 0 Å². The zero-order valence-corrected chi connectivity index (χ0v) is 25.2. The zero-order valence-electron chi connectivity index (χ0n) is 24.4. The van der Waals surface area contributed by atoms with Gasteiger partial charge in [-0.1, -0.05) is 29.8 Å². The monoisotopic (exact) mass is 628 g/mol. The Morgan fingerprint density at radius 2 is 1.75 bits per heavy atom. The average molecular weight is 629 g/mol. The molecule has 11 heteroatoms. The lowest BCUT2D eigenvalue weighted by atomic mass is 9.84. The van der Waals surface area contributed by atoms with Crippen LogP contribution in [0.5, 0.6) is 0 Å². The Morgan fingerprint density at radius 1 is 1.07 bits per heavy atom. The number of anilines is 1. The van der Waals surface area contributed by atoms with Gasteiger partial charge in [-0.05, 0) is 73.2 Å². The second kappa shape index (κ2) is 13.7. The fraction of sp³-hybridized carbons (Fsp3) is 0.394. The van der Waals surface area contributed by atoms with Crippen molar-refractivity contribution >= 4 is 29.1 Å². The summed E-state index contributed by atoms with van der Waals surface area (Å²) in [5.74, 6) is -3.59. The third-order valence-electron chi connectivity index (χ3n) is 8.58. The molecule has 2 heterocycles. The molecule has 2 saturated heterocycles. The molecule has 3 atom stereocenters. The number of carbonyl (C=O) groups excluding carboxylic acids is 2. The van der Waals surface area contributed by atoms with Gasteiger partial charge in [-0.15, -0.1) is 0 Å². The molecule has 7 nitrogen and oxygen atoms in total. The van der Waals surface area contributed by atoms with Gasteiger partial charge in [0.15, 0.2) is 0 Å². The molecule has 3 aromatic rings. The molecule has 44 heavy (non-hydrogen) atoms. The number of rotatable bonds is 8. The molecular weight excluding hydrogens is 593 g/mol. The fourth-order valence-corrected chi connectivity index (χ4v) is 6.34. The number of halogens is 4. The summed E-state index contributed by atoms with van der Waals surface area (Å²) in [6, 6.07) is 12.7. The van der Waals surface area contributed by atoms with E-state index in [-0.39, 0.29) is 35.3 Å². The number of piperidine rings is 1. The predicted molar refractivity (Wildman–Crippen MR) is 163 cm³/mol. The van der Waals surface area contributed by atoms with Gasteiger partial charge >= 0.3 is 0 Å². The molecule has 2 fully saturated rings. The van der Waals surface area contributed by atoms with Gasteiger partial charge in [0, 0.05) is 61.4 Å². The highest BCUT2D eigenvalue weighted by molar-refractivity contribution is 6.30. The maximum absolute atomic E-state index is 15.2. The van der Waals surface area contributed by atoms with Crippen LogP contribution < -0.4 is 16.4 Å². The van der Waals surface area contributed by atoms with Gasteiger partial charge in [0.1, 0.15) is 17.5 Å². The molecule has 5 rings (SSSR count). The lowest BCUT2D eigenvalue weighted by Crippen LogP contribution is -2.58. The fourth-order valence-electron chi connectivity index (χ4n) is 6.22. The van der Waals surface area contributed by atoms with Crippen molar-refractivity contribution < 1.29 is 27.5 Å². The normalized spacial score (nSPS) is 19.4. The molecule has 0 bridgehead atoms. The largest absolute Gasteiger partial charge is 0.369 e. The highest BCUT2D eigenvalue weighted by atomic mass is 35.5. The van der Waals surface area contributed by atoms with E-state index in [1.165, 1.54) is 12.1 Å². The molecule has 4 N–H and O–H groups in total. The highest BCUT2D eigenvalue weighted by Gasteiger charge is 2.40. The van der Waals surface area contributed by atoms with Crippen LogP contribution in [0.25, 0.3) is 0 Å². The minimum Gasteiger partial charge on any atom is -0.369 e. The van der Waals surface area contributed by atoms with Crippen molar-refractivity contribution in [2.75, 3.05) is 31.5 Å². The van der Waals surface area contributed by atoms with Crippen molar-refractivity contribution in [2.45, 2.75) is 56.3 Å². The van der Waals surface area contributed by atoms with Gasteiger partial charge < -0.3 is 26.0 Å². The number of nitrogens with zero attached hydrogens (tertiary/aromatic N) is 1. The first-order chi connectivity index (χ1) is 21.0. The number of nitrogens with one attached hydrogen (secondary N) is 2. The molecule has 234 valence electrons. The van der Waals surface area contributed by atoms with Crippen molar-refractivity contribution in [1.82, 2.24) is 10.2 Å². The van der Waals surface area contributed by atoms with Gasteiger partial charge in [0.05, 0.1) is 17.7 Å². The summed E-state index contributed by atoms with van der Waals surface area (Å²) in [4.78, 5) is 27.1. The lowest BCUT2D eigenvalue weighted by molar-refractivity contribution is -0.153. The first-order valence-corrected chi connectivity index (χ1v) is 15.1. The van der Waals surface area contributed by atoms with Gasteiger partial charge in [-0.3, -0.25) is 9.59 Å². The molecule has 2 aliphatic heterocycles. The Kier molecular flexibility index (Phi) is 9.94. The van der Waals surface area contributed by atoms with Crippen LogP contribution in [-0.2, 0) is 20.7 Å². The molecule has 0 aromatic heterocycles. The molecule has 2 amide bonds. The maximum atomic E-state index is 15.2. The van der Waals surface area contributed by atoms with Crippen molar-refractivity contribution in [3.8, 4) is 0 Å². The van der Waals surface area contributed by atoms with E-state index in [2.05, 4.69) is 10.6 Å². The Bertz CT molecular complexity index is 1480. The predicted octanol–water partition coefficient (Wildman–Crippen LogP) is 5.16. The zero-order chi connectivity index (χ0) is 31.4. The minimum absolute atomic E-state index is 0.0524. The SMILES string of the molecule is CC(=O)N1CCC2(CC1)CNC[C@@H](CCc1c(F)cccc1NC(=O)C(N)C(c1ccc(Cl)cc1)c1cc(F)cc(F)c1)O2.